The minimum absolute atomic E-state index is 0.0862. The van der Waals surface area contributed by atoms with Crippen molar-refractivity contribution in [2.75, 3.05) is 18.9 Å². The summed E-state index contributed by atoms with van der Waals surface area (Å²) in [5, 5.41) is -0.525. The summed E-state index contributed by atoms with van der Waals surface area (Å²) in [6.45, 7) is -0.233. The van der Waals surface area contributed by atoms with Gasteiger partial charge in [0.05, 0.1) is 10.7 Å². The molecule has 0 unspecified atom stereocenters. The van der Waals surface area contributed by atoms with Gasteiger partial charge in [0.1, 0.15) is 11.1 Å². The van der Waals surface area contributed by atoms with Crippen LogP contribution in [0.15, 0.2) is 0 Å². The molecule has 1 aliphatic rings. The number of hydrogen-bond donors (Lipinski definition) is 2. The zero-order chi connectivity index (χ0) is 18.7. The summed E-state index contributed by atoms with van der Waals surface area (Å²) < 4.78 is 4.92. The Balaban J connectivity index is 2.07. The van der Waals surface area contributed by atoms with Crippen LogP contribution in [0.25, 0.3) is 0 Å². The molecule has 0 radical (unpaired) electrons. The predicted molar refractivity (Wildman–Crippen MR) is 92.5 cm³/mol. The number of amides is 2. The van der Waals surface area contributed by atoms with Gasteiger partial charge >= 0.3 is 5.97 Å². The van der Waals surface area contributed by atoms with Gasteiger partial charge in [-0.3, -0.25) is 9.59 Å². The third-order valence-electron chi connectivity index (χ3n) is 3.74. The Kier molecular flexibility index (Phi) is 6.31. The van der Waals surface area contributed by atoms with Gasteiger partial charge in [-0.15, -0.1) is 0 Å². The van der Waals surface area contributed by atoms with Gasteiger partial charge in [0, 0.05) is 6.54 Å². The maximum atomic E-state index is 12.2. The van der Waals surface area contributed by atoms with Crippen LogP contribution in [0.4, 0.5) is 5.69 Å². The summed E-state index contributed by atoms with van der Waals surface area (Å²) in [4.78, 5) is 40.8. The predicted octanol–water partition coefficient (Wildman–Crippen LogP) is 1.65. The summed E-state index contributed by atoms with van der Waals surface area (Å²) in [5.74, 6) is -2.13. The second-order valence-corrected chi connectivity index (χ2v) is 6.48. The number of primary amides is 1. The van der Waals surface area contributed by atoms with Crippen molar-refractivity contribution in [1.29, 1.82) is 0 Å². The first-order valence-electron chi connectivity index (χ1n) is 7.30. The third kappa shape index (κ3) is 4.26. The van der Waals surface area contributed by atoms with Crippen LogP contribution >= 0.6 is 34.8 Å². The number of nitrogens with zero attached hydrogens (tertiary/aromatic N) is 2. The highest BCUT2D eigenvalue weighted by atomic mass is 35.5. The Morgan fingerprint density at radius 3 is 2.52 bits per heavy atom. The maximum absolute atomic E-state index is 12.2. The van der Waals surface area contributed by atoms with Crippen molar-refractivity contribution < 1.29 is 19.1 Å². The molecule has 1 fully saturated rings. The minimum atomic E-state index is -0.990. The first-order valence-corrected chi connectivity index (χ1v) is 8.43. The van der Waals surface area contributed by atoms with Crippen LogP contribution in [0.2, 0.25) is 15.2 Å². The molecule has 0 aliphatic carbocycles. The Hall–Kier alpha value is -1.77. The van der Waals surface area contributed by atoms with Crippen LogP contribution < -0.4 is 11.5 Å². The van der Waals surface area contributed by atoms with Crippen LogP contribution in [0.5, 0.6) is 0 Å². The van der Waals surface area contributed by atoms with E-state index in [4.69, 9.17) is 51.0 Å². The van der Waals surface area contributed by atoms with Crippen molar-refractivity contribution in [3.63, 3.8) is 0 Å². The molecule has 0 bridgehead atoms. The minimum Gasteiger partial charge on any atom is -0.451 e. The molecule has 2 heterocycles. The van der Waals surface area contributed by atoms with E-state index in [0.29, 0.717) is 13.0 Å². The lowest BCUT2D eigenvalue weighted by Gasteiger charge is -2.33. The Labute approximate surface area is 158 Å². The third-order valence-corrected chi connectivity index (χ3v) is 4.88. The van der Waals surface area contributed by atoms with Crippen molar-refractivity contribution in [1.82, 2.24) is 9.88 Å². The molecule has 11 heteroatoms. The lowest BCUT2D eigenvalue weighted by molar-refractivity contribution is -0.143. The number of pyridine rings is 1. The number of carbonyl (C=O) groups excluding carboxylic acids is 3. The molecule has 1 saturated heterocycles. The average molecular weight is 410 g/mol. The van der Waals surface area contributed by atoms with Gasteiger partial charge in [-0.2, -0.15) is 0 Å². The van der Waals surface area contributed by atoms with E-state index in [1.807, 2.05) is 0 Å². The normalized spacial score (nSPS) is 17.2. The maximum Gasteiger partial charge on any atom is 0.359 e. The van der Waals surface area contributed by atoms with Gasteiger partial charge in [0.2, 0.25) is 5.91 Å². The fraction of sp³-hybridized carbons (Fsp3) is 0.429. The van der Waals surface area contributed by atoms with Crippen molar-refractivity contribution in [3.8, 4) is 0 Å². The van der Waals surface area contributed by atoms with Gasteiger partial charge in [-0.05, 0) is 19.3 Å². The monoisotopic (exact) mass is 408 g/mol. The van der Waals surface area contributed by atoms with E-state index in [2.05, 4.69) is 4.98 Å². The fourth-order valence-electron chi connectivity index (χ4n) is 2.47. The summed E-state index contributed by atoms with van der Waals surface area (Å²) in [6.07, 6.45) is 2.01. The largest absolute Gasteiger partial charge is 0.451 e. The van der Waals surface area contributed by atoms with Crippen molar-refractivity contribution in [3.05, 3.63) is 20.9 Å². The van der Waals surface area contributed by atoms with E-state index in [9.17, 15) is 14.4 Å². The molecule has 136 valence electrons. The van der Waals surface area contributed by atoms with Crippen LogP contribution in [-0.2, 0) is 14.3 Å². The van der Waals surface area contributed by atoms with E-state index in [1.54, 1.807) is 0 Å². The first kappa shape index (κ1) is 19.6. The lowest BCUT2D eigenvalue weighted by atomic mass is 10.0. The van der Waals surface area contributed by atoms with Crippen molar-refractivity contribution in [2.24, 2.45) is 5.73 Å². The van der Waals surface area contributed by atoms with Crippen LogP contribution in [0.1, 0.15) is 29.8 Å². The smallest absolute Gasteiger partial charge is 0.359 e. The molecule has 1 aromatic heterocycles. The molecule has 2 rings (SSSR count). The summed E-state index contributed by atoms with van der Waals surface area (Å²) >= 11 is 17.4. The Morgan fingerprint density at radius 2 is 1.88 bits per heavy atom. The molecule has 25 heavy (non-hydrogen) atoms. The quantitative estimate of drug-likeness (QED) is 0.574. The summed E-state index contributed by atoms with van der Waals surface area (Å²) in [5.41, 5.74) is 10.4. The highest BCUT2D eigenvalue weighted by molar-refractivity contribution is 6.46. The second kappa shape index (κ2) is 8.07. The number of carbonyl (C=O) groups is 3. The highest BCUT2D eigenvalue weighted by Crippen LogP contribution is 2.34. The Morgan fingerprint density at radius 1 is 1.20 bits per heavy atom. The van der Waals surface area contributed by atoms with Crippen LogP contribution in [-0.4, -0.2) is 46.9 Å². The molecule has 0 spiro atoms. The van der Waals surface area contributed by atoms with E-state index < -0.39 is 30.4 Å². The van der Waals surface area contributed by atoms with E-state index in [-0.39, 0.29) is 26.6 Å². The molecule has 0 saturated carbocycles. The molecule has 1 aromatic rings. The number of anilines is 1. The zero-order valence-electron chi connectivity index (χ0n) is 12.9. The molecule has 1 atom stereocenters. The average Bonchev–Trinajstić information content (AvgIpc) is 2.60. The number of esters is 1. The molecule has 1 aliphatic heterocycles. The number of halogens is 3. The first-order chi connectivity index (χ1) is 11.7. The zero-order valence-corrected chi connectivity index (χ0v) is 15.2. The van der Waals surface area contributed by atoms with Crippen LogP contribution in [0.3, 0.4) is 0 Å². The fourth-order valence-corrected chi connectivity index (χ4v) is 3.06. The molecular weight excluding hydrogens is 395 g/mol. The molecular formula is C14H15Cl3N4O4. The van der Waals surface area contributed by atoms with Gasteiger partial charge in [-0.25, -0.2) is 9.78 Å². The number of aromatic nitrogens is 1. The van der Waals surface area contributed by atoms with Gasteiger partial charge in [0.25, 0.3) is 5.91 Å². The number of nitrogen functional groups attached to an aromatic ring is 1. The number of nitrogens with two attached hydrogens (primary N) is 2. The Bertz CT molecular complexity index is 729. The van der Waals surface area contributed by atoms with E-state index in [0.717, 1.165) is 12.8 Å². The number of likely N-dealkylation sites (tertiary alicyclic amines) is 1. The molecule has 8 nitrogen and oxygen atoms in total. The van der Waals surface area contributed by atoms with Gasteiger partial charge in [0.15, 0.2) is 17.5 Å². The van der Waals surface area contributed by atoms with E-state index >= 15 is 0 Å². The lowest BCUT2D eigenvalue weighted by Crippen LogP contribution is -2.51. The summed E-state index contributed by atoms with van der Waals surface area (Å²) in [7, 11) is 0. The number of rotatable bonds is 4. The topological polar surface area (TPSA) is 129 Å². The van der Waals surface area contributed by atoms with Crippen molar-refractivity contribution in [2.45, 2.75) is 25.3 Å². The molecule has 0 aromatic carbocycles. The standard InChI is InChI=1S/C14H15Cl3N4O4/c15-8-10(18)9(16)12(17)20-11(8)14(24)25-5-7(22)21-4-2-1-3-6(21)13(19)23/h6H,1-5H2,(H2,18,20)(H2,19,23)/t6-/m0/s1. The van der Waals surface area contributed by atoms with Gasteiger partial charge in [-0.1, -0.05) is 34.8 Å². The second-order valence-electron chi connectivity index (χ2n) is 5.37. The molecule has 2 amide bonds. The van der Waals surface area contributed by atoms with Gasteiger partial charge < -0.3 is 21.1 Å². The number of hydrogen-bond acceptors (Lipinski definition) is 6. The number of ether oxygens (including phenoxy) is 1. The number of piperidine rings is 1. The molecule has 4 N–H and O–H groups in total. The van der Waals surface area contributed by atoms with Crippen LogP contribution in [0, 0.1) is 0 Å². The van der Waals surface area contributed by atoms with E-state index in [1.165, 1.54) is 4.90 Å². The van der Waals surface area contributed by atoms with Crippen molar-refractivity contribution >= 4 is 58.3 Å². The summed E-state index contributed by atoms with van der Waals surface area (Å²) in [6, 6.07) is -0.706. The highest BCUT2D eigenvalue weighted by Gasteiger charge is 2.31. The SMILES string of the molecule is NC(=O)[C@@H]1CCCCN1C(=O)COC(=O)c1nc(Cl)c(Cl)c(N)c1Cl.